The van der Waals surface area contributed by atoms with Crippen LogP contribution >= 0.6 is 23.1 Å². The molecule has 0 amide bonds. The summed E-state index contributed by atoms with van der Waals surface area (Å²) >= 11 is 2.87. The van der Waals surface area contributed by atoms with E-state index in [1.165, 1.54) is 35.8 Å². The van der Waals surface area contributed by atoms with Gasteiger partial charge in [0.15, 0.2) is 4.34 Å². The van der Waals surface area contributed by atoms with Crippen molar-refractivity contribution in [3.8, 4) is 0 Å². The second-order valence-corrected chi connectivity index (χ2v) is 9.19. The van der Waals surface area contributed by atoms with Crippen molar-refractivity contribution in [2.75, 3.05) is 12.4 Å². The first kappa shape index (κ1) is 22.0. The molecular weight excluding hydrogens is 446 g/mol. The molecule has 2 aromatic carbocycles. The van der Waals surface area contributed by atoms with Gasteiger partial charge in [0.25, 0.3) is 5.56 Å². The van der Waals surface area contributed by atoms with E-state index in [2.05, 4.69) is 51.5 Å². The number of carbonyl (C=O) groups is 1. The molecule has 10 heteroatoms. The van der Waals surface area contributed by atoms with E-state index in [1.807, 2.05) is 6.07 Å². The van der Waals surface area contributed by atoms with Crippen LogP contribution in [0.5, 0.6) is 0 Å². The number of nitrogens with one attached hydrogen (secondary N) is 2. The monoisotopic (exact) mass is 467 g/mol. The van der Waals surface area contributed by atoms with E-state index >= 15 is 0 Å². The number of aromatic nitrogens is 4. The molecule has 0 aliphatic rings. The van der Waals surface area contributed by atoms with E-state index in [-0.39, 0.29) is 5.56 Å². The van der Waals surface area contributed by atoms with Crippen LogP contribution in [0.3, 0.4) is 0 Å². The van der Waals surface area contributed by atoms with Crippen LogP contribution in [-0.2, 0) is 16.9 Å². The first-order valence-corrected chi connectivity index (χ1v) is 11.7. The van der Waals surface area contributed by atoms with Gasteiger partial charge in [-0.25, -0.2) is 9.78 Å². The summed E-state index contributed by atoms with van der Waals surface area (Å²) in [7, 11) is 1.31. The van der Waals surface area contributed by atoms with Crippen LogP contribution in [0.1, 0.15) is 34.2 Å². The maximum Gasteiger partial charge on any atom is 0.337 e. The number of ether oxygens (including phenoxy) is 1. The standard InChI is InChI=1S/C22H21N5O3S2/c1-4-13-7-5-6-12(2)18(13)25-21-26-27-22(32-21)31-11-17-23-16-10-14(20(29)30-3)8-9-15(16)19(28)24-17/h5-10H,4,11H2,1-3H3,(H,25,26)(H,23,24,28). The zero-order valence-electron chi connectivity index (χ0n) is 17.8. The van der Waals surface area contributed by atoms with Crippen molar-refractivity contribution in [2.45, 2.75) is 30.4 Å². The van der Waals surface area contributed by atoms with Crippen molar-refractivity contribution in [1.82, 2.24) is 20.2 Å². The number of nitrogens with zero attached hydrogens (tertiary/aromatic N) is 3. The van der Waals surface area contributed by atoms with Crippen molar-refractivity contribution in [3.63, 3.8) is 0 Å². The summed E-state index contributed by atoms with van der Waals surface area (Å²) in [6.45, 7) is 4.18. The fourth-order valence-corrected chi connectivity index (χ4v) is 4.89. The summed E-state index contributed by atoms with van der Waals surface area (Å²) in [5.41, 5.74) is 3.97. The predicted molar refractivity (Wildman–Crippen MR) is 127 cm³/mol. The lowest BCUT2D eigenvalue weighted by molar-refractivity contribution is 0.0601. The van der Waals surface area contributed by atoms with Crippen molar-refractivity contribution in [1.29, 1.82) is 0 Å². The minimum atomic E-state index is -0.473. The molecule has 0 saturated heterocycles. The number of methoxy groups -OCH3 is 1. The number of esters is 1. The highest BCUT2D eigenvalue weighted by atomic mass is 32.2. The Morgan fingerprint density at radius 1 is 1.25 bits per heavy atom. The molecule has 32 heavy (non-hydrogen) atoms. The summed E-state index contributed by atoms with van der Waals surface area (Å²) in [6, 6.07) is 10.9. The van der Waals surface area contributed by atoms with Crippen LogP contribution in [0.4, 0.5) is 10.8 Å². The molecule has 2 aromatic heterocycles. The summed E-state index contributed by atoms with van der Waals surface area (Å²) in [5, 5.41) is 13.0. The Hall–Kier alpha value is -3.24. The van der Waals surface area contributed by atoms with Crippen LogP contribution in [0.15, 0.2) is 45.5 Å². The van der Waals surface area contributed by atoms with Crippen molar-refractivity contribution >= 4 is 50.8 Å². The molecule has 8 nitrogen and oxygen atoms in total. The predicted octanol–water partition coefficient (Wildman–Crippen LogP) is 4.47. The third-order valence-electron chi connectivity index (χ3n) is 4.89. The minimum Gasteiger partial charge on any atom is -0.465 e. The fraction of sp³-hybridized carbons (Fsp3) is 0.227. The Morgan fingerprint density at radius 3 is 2.88 bits per heavy atom. The van der Waals surface area contributed by atoms with E-state index in [4.69, 9.17) is 4.74 Å². The van der Waals surface area contributed by atoms with Gasteiger partial charge < -0.3 is 15.0 Å². The number of fused-ring (bicyclic) bond motifs is 1. The molecule has 164 valence electrons. The van der Waals surface area contributed by atoms with Crippen molar-refractivity contribution in [2.24, 2.45) is 0 Å². The minimum absolute atomic E-state index is 0.256. The van der Waals surface area contributed by atoms with Gasteiger partial charge in [0.2, 0.25) is 5.13 Å². The molecular formula is C22H21N5O3S2. The number of hydrogen-bond donors (Lipinski definition) is 2. The normalized spacial score (nSPS) is 11.0. The molecule has 0 unspecified atom stereocenters. The van der Waals surface area contributed by atoms with E-state index in [9.17, 15) is 9.59 Å². The van der Waals surface area contributed by atoms with Gasteiger partial charge in [-0.2, -0.15) is 0 Å². The largest absolute Gasteiger partial charge is 0.465 e. The Balaban J connectivity index is 1.50. The molecule has 0 aliphatic heterocycles. The molecule has 0 spiro atoms. The summed E-state index contributed by atoms with van der Waals surface area (Å²) in [4.78, 5) is 31.5. The van der Waals surface area contributed by atoms with Gasteiger partial charge in [-0.05, 0) is 42.7 Å². The number of anilines is 2. The molecule has 2 N–H and O–H groups in total. The second kappa shape index (κ2) is 9.49. The highest BCUT2D eigenvalue weighted by Gasteiger charge is 2.12. The molecule has 4 aromatic rings. The molecule has 0 aliphatic carbocycles. The molecule has 0 fully saturated rings. The fourth-order valence-electron chi connectivity index (χ4n) is 3.26. The molecule has 0 atom stereocenters. The Kier molecular flexibility index (Phi) is 6.52. The quantitative estimate of drug-likeness (QED) is 0.303. The molecule has 4 rings (SSSR count). The molecule has 0 radical (unpaired) electrons. The molecule has 0 saturated carbocycles. The third kappa shape index (κ3) is 4.66. The van der Waals surface area contributed by atoms with Gasteiger partial charge in [0, 0.05) is 5.69 Å². The maximum absolute atomic E-state index is 12.4. The zero-order valence-corrected chi connectivity index (χ0v) is 19.4. The van der Waals surface area contributed by atoms with Crippen LogP contribution < -0.4 is 10.9 Å². The second-order valence-electron chi connectivity index (χ2n) is 6.99. The molecule has 2 heterocycles. The number of thioether (sulfide) groups is 1. The number of H-pyrrole nitrogens is 1. The van der Waals surface area contributed by atoms with Gasteiger partial charge in [-0.15, -0.1) is 10.2 Å². The topological polar surface area (TPSA) is 110 Å². The first-order valence-electron chi connectivity index (χ1n) is 9.91. The SMILES string of the molecule is CCc1cccc(C)c1Nc1nnc(SCc2nc3cc(C(=O)OC)ccc3c(=O)[nH]2)s1. The number of aromatic amines is 1. The lowest BCUT2D eigenvalue weighted by atomic mass is 10.1. The lowest BCUT2D eigenvalue weighted by Crippen LogP contribution is -2.12. The van der Waals surface area contributed by atoms with Crippen molar-refractivity contribution < 1.29 is 9.53 Å². The number of carbonyl (C=O) groups excluding carboxylic acids is 1. The molecule has 0 bridgehead atoms. The number of hydrogen-bond acceptors (Lipinski definition) is 9. The highest BCUT2D eigenvalue weighted by molar-refractivity contribution is 8.00. The number of para-hydroxylation sites is 1. The Morgan fingerprint density at radius 2 is 2.09 bits per heavy atom. The van der Waals surface area contributed by atoms with E-state index in [0.717, 1.165) is 22.0 Å². The summed E-state index contributed by atoms with van der Waals surface area (Å²) in [6.07, 6.45) is 0.920. The highest BCUT2D eigenvalue weighted by Crippen LogP contribution is 2.31. The van der Waals surface area contributed by atoms with E-state index < -0.39 is 5.97 Å². The summed E-state index contributed by atoms with van der Waals surface area (Å²) in [5.74, 6) is 0.428. The zero-order chi connectivity index (χ0) is 22.7. The lowest BCUT2D eigenvalue weighted by Gasteiger charge is -2.11. The maximum atomic E-state index is 12.4. The number of rotatable bonds is 7. The van der Waals surface area contributed by atoms with Gasteiger partial charge in [-0.1, -0.05) is 48.2 Å². The van der Waals surface area contributed by atoms with Gasteiger partial charge in [-0.3, -0.25) is 4.79 Å². The van der Waals surface area contributed by atoms with Crippen LogP contribution in [0, 0.1) is 6.92 Å². The van der Waals surface area contributed by atoms with Crippen molar-refractivity contribution in [3.05, 3.63) is 69.3 Å². The Bertz CT molecular complexity index is 1350. The van der Waals surface area contributed by atoms with Gasteiger partial charge in [0.1, 0.15) is 5.82 Å². The Labute approximate surface area is 192 Å². The average molecular weight is 468 g/mol. The number of aryl methyl sites for hydroxylation is 2. The number of benzene rings is 2. The van der Waals surface area contributed by atoms with Crippen LogP contribution in [0.25, 0.3) is 10.9 Å². The first-order chi connectivity index (χ1) is 15.5. The van der Waals surface area contributed by atoms with Gasteiger partial charge >= 0.3 is 5.97 Å². The van der Waals surface area contributed by atoms with E-state index in [0.29, 0.717) is 33.2 Å². The smallest absolute Gasteiger partial charge is 0.337 e. The van der Waals surface area contributed by atoms with Crippen LogP contribution in [0.2, 0.25) is 0 Å². The van der Waals surface area contributed by atoms with Gasteiger partial charge in [0.05, 0.1) is 29.3 Å². The average Bonchev–Trinajstić information content (AvgIpc) is 3.25. The van der Waals surface area contributed by atoms with E-state index in [1.54, 1.807) is 18.2 Å². The van der Waals surface area contributed by atoms with Crippen LogP contribution in [-0.4, -0.2) is 33.2 Å². The summed E-state index contributed by atoms with van der Waals surface area (Å²) < 4.78 is 5.50. The third-order valence-corrected chi connectivity index (χ3v) is 6.87.